The standard InChI is InChI=1S/C11H13N3O4/c12-11(18)14-8-3-1-7(2-4-8)10(17)13-6-5-9(15)16/h1-4H,5-6H2,(H,13,17)(H,15,16)(H3,12,14,18). The summed E-state index contributed by atoms with van der Waals surface area (Å²) in [6, 6.07) is 5.37. The molecule has 0 aliphatic rings. The van der Waals surface area contributed by atoms with Crippen LogP contribution in [-0.4, -0.2) is 29.6 Å². The number of hydrogen-bond acceptors (Lipinski definition) is 3. The largest absolute Gasteiger partial charge is 0.481 e. The lowest BCUT2D eigenvalue weighted by atomic mass is 10.2. The van der Waals surface area contributed by atoms with Crippen molar-refractivity contribution in [1.29, 1.82) is 0 Å². The highest BCUT2D eigenvalue weighted by Crippen LogP contribution is 2.09. The number of nitrogens with one attached hydrogen (secondary N) is 2. The van der Waals surface area contributed by atoms with Crippen LogP contribution < -0.4 is 16.4 Å². The lowest BCUT2D eigenvalue weighted by molar-refractivity contribution is -0.136. The van der Waals surface area contributed by atoms with Crippen molar-refractivity contribution in [2.45, 2.75) is 6.42 Å². The lowest BCUT2D eigenvalue weighted by Crippen LogP contribution is -2.26. The third-order valence-electron chi connectivity index (χ3n) is 2.04. The molecule has 18 heavy (non-hydrogen) atoms. The Bertz CT molecular complexity index is 456. The van der Waals surface area contributed by atoms with Gasteiger partial charge in [0, 0.05) is 17.8 Å². The Labute approximate surface area is 103 Å². The molecule has 0 saturated carbocycles. The number of rotatable bonds is 5. The van der Waals surface area contributed by atoms with Gasteiger partial charge in [-0.3, -0.25) is 9.59 Å². The van der Waals surface area contributed by atoms with Crippen LogP contribution in [0.1, 0.15) is 16.8 Å². The van der Waals surface area contributed by atoms with Crippen molar-refractivity contribution in [3.63, 3.8) is 0 Å². The number of hydrogen-bond donors (Lipinski definition) is 4. The summed E-state index contributed by atoms with van der Waals surface area (Å²) in [7, 11) is 0. The van der Waals surface area contributed by atoms with Crippen LogP contribution in [0.15, 0.2) is 24.3 Å². The maximum atomic E-state index is 11.5. The molecule has 5 N–H and O–H groups in total. The van der Waals surface area contributed by atoms with Crippen molar-refractivity contribution in [3.8, 4) is 0 Å². The second-order valence-electron chi connectivity index (χ2n) is 3.47. The van der Waals surface area contributed by atoms with Gasteiger partial charge in [-0.1, -0.05) is 0 Å². The van der Waals surface area contributed by atoms with E-state index in [1.54, 1.807) is 0 Å². The van der Waals surface area contributed by atoms with Gasteiger partial charge in [0.05, 0.1) is 6.42 Å². The number of amides is 3. The number of carboxylic acids is 1. The minimum absolute atomic E-state index is 0.0649. The zero-order valence-corrected chi connectivity index (χ0v) is 9.47. The van der Waals surface area contributed by atoms with Crippen molar-refractivity contribution in [2.75, 3.05) is 11.9 Å². The molecular formula is C11H13N3O4. The van der Waals surface area contributed by atoms with Gasteiger partial charge >= 0.3 is 12.0 Å². The van der Waals surface area contributed by atoms with Gasteiger partial charge in [0.15, 0.2) is 0 Å². The topological polar surface area (TPSA) is 122 Å². The fourth-order valence-electron chi connectivity index (χ4n) is 1.23. The highest BCUT2D eigenvalue weighted by molar-refractivity contribution is 5.95. The van der Waals surface area contributed by atoms with Crippen molar-refractivity contribution in [1.82, 2.24) is 5.32 Å². The summed E-state index contributed by atoms with van der Waals surface area (Å²) < 4.78 is 0. The maximum absolute atomic E-state index is 11.5. The molecule has 0 heterocycles. The fraction of sp³-hybridized carbons (Fsp3) is 0.182. The number of carbonyl (C=O) groups excluding carboxylic acids is 2. The van der Waals surface area contributed by atoms with E-state index in [4.69, 9.17) is 10.8 Å². The Morgan fingerprint density at radius 2 is 1.78 bits per heavy atom. The van der Waals surface area contributed by atoms with E-state index in [9.17, 15) is 14.4 Å². The van der Waals surface area contributed by atoms with E-state index in [0.717, 1.165) is 0 Å². The van der Waals surface area contributed by atoms with Crippen LogP contribution in [0.25, 0.3) is 0 Å². The number of carbonyl (C=O) groups is 3. The van der Waals surface area contributed by atoms with E-state index in [0.29, 0.717) is 11.3 Å². The third kappa shape index (κ3) is 4.52. The Morgan fingerprint density at radius 1 is 1.17 bits per heavy atom. The van der Waals surface area contributed by atoms with Crippen LogP contribution in [-0.2, 0) is 4.79 Å². The number of carboxylic acid groups (broad SMARTS) is 1. The summed E-state index contributed by atoms with van der Waals surface area (Å²) in [5.41, 5.74) is 5.78. The smallest absolute Gasteiger partial charge is 0.316 e. The Morgan fingerprint density at radius 3 is 2.28 bits per heavy atom. The SMILES string of the molecule is NC(=O)Nc1ccc(C(=O)NCCC(=O)O)cc1. The first-order chi connectivity index (χ1) is 8.49. The molecule has 0 unspecified atom stereocenters. The van der Waals surface area contributed by atoms with E-state index in [-0.39, 0.29) is 18.9 Å². The minimum Gasteiger partial charge on any atom is -0.481 e. The number of primary amides is 1. The molecule has 1 rings (SSSR count). The molecule has 0 aliphatic heterocycles. The zero-order valence-electron chi connectivity index (χ0n) is 9.47. The molecule has 7 heteroatoms. The summed E-state index contributed by atoms with van der Waals surface area (Å²) in [4.78, 5) is 32.4. The molecule has 0 radical (unpaired) electrons. The molecule has 0 fully saturated rings. The minimum atomic E-state index is -0.976. The van der Waals surface area contributed by atoms with E-state index in [2.05, 4.69) is 10.6 Å². The number of anilines is 1. The molecule has 0 spiro atoms. The first-order valence-electron chi connectivity index (χ1n) is 5.15. The van der Waals surface area contributed by atoms with Crippen LogP contribution in [0.3, 0.4) is 0 Å². The molecule has 1 aromatic carbocycles. The predicted octanol–water partition coefficient (Wildman–Crippen LogP) is 0.382. The second kappa shape index (κ2) is 6.24. The van der Waals surface area contributed by atoms with Crippen molar-refractivity contribution < 1.29 is 19.5 Å². The van der Waals surface area contributed by atoms with Crippen molar-refractivity contribution in [3.05, 3.63) is 29.8 Å². The van der Waals surface area contributed by atoms with Crippen LogP contribution in [0.5, 0.6) is 0 Å². The number of aliphatic carboxylic acids is 1. The van der Waals surface area contributed by atoms with Gasteiger partial charge in [-0.2, -0.15) is 0 Å². The molecule has 0 bridgehead atoms. The monoisotopic (exact) mass is 251 g/mol. The van der Waals surface area contributed by atoms with Gasteiger partial charge in [0.1, 0.15) is 0 Å². The predicted molar refractivity (Wildman–Crippen MR) is 64.2 cm³/mol. The van der Waals surface area contributed by atoms with Gasteiger partial charge in [-0.25, -0.2) is 4.79 Å². The molecule has 3 amide bonds. The molecule has 1 aromatic rings. The number of urea groups is 1. The van der Waals surface area contributed by atoms with E-state index < -0.39 is 12.0 Å². The maximum Gasteiger partial charge on any atom is 0.316 e. The molecule has 0 atom stereocenters. The van der Waals surface area contributed by atoms with Gasteiger partial charge in [0.2, 0.25) is 0 Å². The quantitative estimate of drug-likeness (QED) is 0.604. The summed E-state index contributed by atoms with van der Waals surface area (Å²) in [6.45, 7) is 0.0649. The third-order valence-corrected chi connectivity index (χ3v) is 2.04. The molecule has 0 aromatic heterocycles. The molecule has 7 nitrogen and oxygen atoms in total. The van der Waals surface area contributed by atoms with E-state index in [1.165, 1.54) is 24.3 Å². The molecule has 0 saturated heterocycles. The zero-order chi connectivity index (χ0) is 13.5. The Kier molecular flexibility index (Phi) is 4.67. The average Bonchev–Trinajstić information content (AvgIpc) is 2.28. The van der Waals surface area contributed by atoms with E-state index >= 15 is 0 Å². The molecule has 0 aliphatic carbocycles. The number of benzene rings is 1. The Balaban J connectivity index is 2.53. The lowest BCUT2D eigenvalue weighted by Gasteiger charge is -2.05. The van der Waals surface area contributed by atoms with Gasteiger partial charge < -0.3 is 21.5 Å². The summed E-state index contributed by atoms with van der Waals surface area (Å²) in [5.74, 6) is -1.35. The van der Waals surface area contributed by atoms with Gasteiger partial charge in [0.25, 0.3) is 5.91 Å². The van der Waals surface area contributed by atoms with E-state index in [1.807, 2.05) is 0 Å². The molecular weight excluding hydrogens is 238 g/mol. The van der Waals surface area contributed by atoms with Crippen molar-refractivity contribution in [2.24, 2.45) is 5.73 Å². The van der Waals surface area contributed by atoms with Crippen LogP contribution >= 0.6 is 0 Å². The van der Waals surface area contributed by atoms with Gasteiger partial charge in [-0.05, 0) is 24.3 Å². The van der Waals surface area contributed by atoms with Gasteiger partial charge in [-0.15, -0.1) is 0 Å². The normalized spacial score (nSPS) is 9.56. The van der Waals surface area contributed by atoms with Crippen LogP contribution in [0.2, 0.25) is 0 Å². The molecule has 96 valence electrons. The van der Waals surface area contributed by atoms with Crippen LogP contribution in [0, 0.1) is 0 Å². The summed E-state index contributed by atoms with van der Waals surface area (Å²) in [5, 5.41) is 13.2. The first-order valence-corrected chi connectivity index (χ1v) is 5.15. The van der Waals surface area contributed by atoms with Crippen molar-refractivity contribution >= 4 is 23.6 Å². The summed E-state index contributed by atoms with van der Waals surface area (Å²) >= 11 is 0. The fourth-order valence-corrected chi connectivity index (χ4v) is 1.23. The summed E-state index contributed by atoms with van der Waals surface area (Å²) in [6.07, 6.45) is -0.132. The number of nitrogens with two attached hydrogens (primary N) is 1. The highest BCUT2D eigenvalue weighted by Gasteiger charge is 2.06. The Hall–Kier alpha value is -2.57. The van der Waals surface area contributed by atoms with Crippen LogP contribution in [0.4, 0.5) is 10.5 Å². The first kappa shape index (κ1) is 13.5. The highest BCUT2D eigenvalue weighted by atomic mass is 16.4. The average molecular weight is 251 g/mol. The second-order valence-corrected chi connectivity index (χ2v) is 3.47.